The molecule has 0 saturated heterocycles. The van der Waals surface area contributed by atoms with Crippen LogP contribution >= 0.6 is 11.3 Å². The molecular formula is C10H15S. The lowest BCUT2D eigenvalue weighted by molar-refractivity contribution is 0.667. The Morgan fingerprint density at radius 3 is 2.91 bits per heavy atom. The predicted octanol–water partition coefficient (Wildman–Crippen LogP) is 3.67. The maximum atomic E-state index is 3.11. The van der Waals surface area contributed by atoms with Gasteiger partial charge in [-0.05, 0) is 29.9 Å². The number of hydrogen-bond donors (Lipinski definition) is 0. The minimum absolute atomic E-state index is 1.25. The third-order valence-corrected chi connectivity index (χ3v) is 2.52. The summed E-state index contributed by atoms with van der Waals surface area (Å²) in [5, 5.41) is 5.31. The van der Waals surface area contributed by atoms with Crippen molar-refractivity contribution in [2.75, 3.05) is 0 Å². The first-order valence-corrected chi connectivity index (χ1v) is 5.25. The fourth-order valence-electron chi connectivity index (χ4n) is 1.14. The van der Waals surface area contributed by atoms with Crippen molar-refractivity contribution in [2.24, 2.45) is 0 Å². The first-order valence-electron chi connectivity index (χ1n) is 4.37. The molecular weight excluding hydrogens is 152 g/mol. The molecule has 0 aromatic carbocycles. The molecule has 0 unspecified atom stereocenters. The second kappa shape index (κ2) is 5.36. The Morgan fingerprint density at radius 2 is 2.27 bits per heavy atom. The lowest BCUT2D eigenvalue weighted by Crippen LogP contribution is -1.81. The SMILES string of the molecule is CCCCCCc1c[c]sc1. The van der Waals surface area contributed by atoms with E-state index in [0.29, 0.717) is 0 Å². The van der Waals surface area contributed by atoms with E-state index in [1.807, 2.05) is 0 Å². The van der Waals surface area contributed by atoms with Gasteiger partial charge in [0.1, 0.15) is 0 Å². The van der Waals surface area contributed by atoms with Crippen LogP contribution in [0, 0.1) is 5.38 Å². The van der Waals surface area contributed by atoms with Crippen LogP contribution in [0.4, 0.5) is 0 Å². The van der Waals surface area contributed by atoms with Gasteiger partial charge in [0.2, 0.25) is 0 Å². The molecule has 0 atom stereocenters. The molecule has 0 aliphatic rings. The van der Waals surface area contributed by atoms with Crippen LogP contribution < -0.4 is 0 Å². The number of thiophene rings is 1. The third-order valence-electron chi connectivity index (χ3n) is 1.84. The zero-order valence-electron chi connectivity index (χ0n) is 7.10. The molecule has 0 nitrogen and oxygen atoms in total. The highest BCUT2D eigenvalue weighted by atomic mass is 32.1. The van der Waals surface area contributed by atoms with E-state index < -0.39 is 0 Å². The maximum Gasteiger partial charge on any atom is 0.0445 e. The van der Waals surface area contributed by atoms with Crippen molar-refractivity contribution in [1.82, 2.24) is 0 Å². The van der Waals surface area contributed by atoms with Crippen LogP contribution in [0.25, 0.3) is 0 Å². The Morgan fingerprint density at radius 1 is 1.36 bits per heavy atom. The summed E-state index contributed by atoms with van der Waals surface area (Å²) >= 11 is 1.68. The average molecular weight is 167 g/mol. The molecule has 61 valence electrons. The lowest BCUT2D eigenvalue weighted by atomic mass is 10.1. The summed E-state index contributed by atoms with van der Waals surface area (Å²) in [4.78, 5) is 0. The van der Waals surface area contributed by atoms with Crippen LogP contribution in [-0.2, 0) is 6.42 Å². The second-order valence-corrected chi connectivity index (χ2v) is 3.59. The molecule has 0 amide bonds. The van der Waals surface area contributed by atoms with Crippen molar-refractivity contribution >= 4 is 11.3 Å². The van der Waals surface area contributed by atoms with Gasteiger partial charge < -0.3 is 0 Å². The van der Waals surface area contributed by atoms with Gasteiger partial charge in [-0.3, -0.25) is 0 Å². The van der Waals surface area contributed by atoms with E-state index in [1.165, 1.54) is 37.7 Å². The Bertz CT molecular complexity index is 165. The van der Waals surface area contributed by atoms with E-state index in [2.05, 4.69) is 23.8 Å². The Balaban J connectivity index is 2.04. The van der Waals surface area contributed by atoms with Gasteiger partial charge in [0.05, 0.1) is 0 Å². The van der Waals surface area contributed by atoms with Crippen molar-refractivity contribution in [3.8, 4) is 0 Å². The monoisotopic (exact) mass is 167 g/mol. The first kappa shape index (κ1) is 8.79. The van der Waals surface area contributed by atoms with Gasteiger partial charge in [0.25, 0.3) is 0 Å². The first-order chi connectivity index (χ1) is 5.43. The molecule has 1 aromatic rings. The lowest BCUT2D eigenvalue weighted by Gasteiger charge is -1.96. The molecule has 1 heteroatoms. The summed E-state index contributed by atoms with van der Waals surface area (Å²) in [5.74, 6) is 0. The van der Waals surface area contributed by atoms with Crippen LogP contribution in [-0.4, -0.2) is 0 Å². The van der Waals surface area contributed by atoms with E-state index in [-0.39, 0.29) is 0 Å². The van der Waals surface area contributed by atoms with Crippen LogP contribution in [0.2, 0.25) is 0 Å². The molecule has 0 aliphatic heterocycles. The fraction of sp³-hybridized carbons (Fsp3) is 0.600. The molecule has 1 aromatic heterocycles. The van der Waals surface area contributed by atoms with Gasteiger partial charge in [-0.2, -0.15) is 0 Å². The van der Waals surface area contributed by atoms with Crippen molar-refractivity contribution in [2.45, 2.75) is 39.0 Å². The zero-order valence-corrected chi connectivity index (χ0v) is 7.91. The van der Waals surface area contributed by atoms with E-state index >= 15 is 0 Å². The predicted molar refractivity (Wildman–Crippen MR) is 51.0 cm³/mol. The van der Waals surface area contributed by atoms with E-state index in [0.717, 1.165) is 0 Å². The average Bonchev–Trinajstić information content (AvgIpc) is 2.50. The Kier molecular flexibility index (Phi) is 4.29. The summed E-state index contributed by atoms with van der Waals surface area (Å²) in [5.41, 5.74) is 1.46. The third kappa shape index (κ3) is 3.57. The van der Waals surface area contributed by atoms with Crippen molar-refractivity contribution in [1.29, 1.82) is 0 Å². The highest BCUT2D eigenvalue weighted by molar-refractivity contribution is 7.07. The summed E-state index contributed by atoms with van der Waals surface area (Å²) in [6.07, 6.45) is 6.69. The van der Waals surface area contributed by atoms with Gasteiger partial charge in [-0.15, -0.1) is 11.3 Å². The van der Waals surface area contributed by atoms with Crippen LogP contribution in [0.1, 0.15) is 38.2 Å². The van der Waals surface area contributed by atoms with Gasteiger partial charge in [-0.25, -0.2) is 0 Å². The summed E-state index contributed by atoms with van der Waals surface area (Å²) in [7, 11) is 0. The maximum absolute atomic E-state index is 3.11. The van der Waals surface area contributed by atoms with E-state index in [4.69, 9.17) is 0 Å². The minimum atomic E-state index is 1.25. The molecule has 0 aliphatic carbocycles. The number of aryl methyl sites for hydroxylation is 1. The smallest absolute Gasteiger partial charge is 0.0445 e. The molecule has 1 heterocycles. The number of rotatable bonds is 5. The Labute approximate surface area is 73.3 Å². The Hall–Kier alpha value is -0.300. The molecule has 0 saturated carbocycles. The highest BCUT2D eigenvalue weighted by Crippen LogP contribution is 2.10. The molecule has 1 rings (SSSR count). The van der Waals surface area contributed by atoms with Crippen molar-refractivity contribution in [3.05, 3.63) is 22.4 Å². The van der Waals surface area contributed by atoms with Gasteiger partial charge in [-0.1, -0.05) is 26.2 Å². The van der Waals surface area contributed by atoms with Crippen LogP contribution in [0.15, 0.2) is 11.4 Å². The normalized spacial score (nSPS) is 10.3. The van der Waals surface area contributed by atoms with Crippen molar-refractivity contribution in [3.63, 3.8) is 0 Å². The molecule has 0 N–H and O–H groups in total. The molecule has 1 radical (unpaired) electrons. The standard InChI is InChI=1S/C10H15S/c1-2-3-4-5-6-10-7-8-11-9-10/h7,9H,2-6H2,1H3. The quantitative estimate of drug-likeness (QED) is 0.587. The topological polar surface area (TPSA) is 0 Å². The molecule has 0 bridgehead atoms. The number of unbranched alkanes of at least 4 members (excludes halogenated alkanes) is 3. The summed E-state index contributed by atoms with van der Waals surface area (Å²) in [6, 6.07) is 2.11. The van der Waals surface area contributed by atoms with E-state index in [1.54, 1.807) is 11.3 Å². The molecule has 0 spiro atoms. The second-order valence-electron chi connectivity index (χ2n) is 2.88. The zero-order chi connectivity index (χ0) is 7.94. The summed E-state index contributed by atoms with van der Waals surface area (Å²) < 4.78 is 0. The number of hydrogen-bond acceptors (Lipinski definition) is 1. The van der Waals surface area contributed by atoms with Crippen molar-refractivity contribution < 1.29 is 0 Å². The van der Waals surface area contributed by atoms with Crippen LogP contribution in [0.3, 0.4) is 0 Å². The summed E-state index contributed by atoms with van der Waals surface area (Å²) in [6.45, 7) is 2.25. The largest absolute Gasteiger partial charge is 0.143 e. The van der Waals surface area contributed by atoms with Crippen LogP contribution in [0.5, 0.6) is 0 Å². The van der Waals surface area contributed by atoms with E-state index in [9.17, 15) is 0 Å². The fourth-order valence-corrected chi connectivity index (χ4v) is 1.77. The minimum Gasteiger partial charge on any atom is -0.143 e. The van der Waals surface area contributed by atoms with Gasteiger partial charge in [0, 0.05) is 5.38 Å². The molecule has 0 fully saturated rings. The van der Waals surface area contributed by atoms with Gasteiger partial charge >= 0.3 is 0 Å². The van der Waals surface area contributed by atoms with Gasteiger partial charge in [0.15, 0.2) is 0 Å². The molecule has 11 heavy (non-hydrogen) atoms. The highest BCUT2D eigenvalue weighted by Gasteiger charge is 1.92.